The van der Waals surface area contributed by atoms with E-state index < -0.39 is 5.97 Å². The number of carbonyl (C=O) groups is 1. The van der Waals surface area contributed by atoms with Gasteiger partial charge in [-0.3, -0.25) is 4.79 Å². The highest BCUT2D eigenvalue weighted by molar-refractivity contribution is 5.72. The molecule has 4 heteroatoms. The zero-order valence-corrected chi connectivity index (χ0v) is 11.9. The molecule has 0 unspecified atom stereocenters. The van der Waals surface area contributed by atoms with Gasteiger partial charge in [0, 0.05) is 11.0 Å². The van der Waals surface area contributed by atoms with E-state index in [4.69, 9.17) is 14.6 Å². The van der Waals surface area contributed by atoms with E-state index >= 15 is 0 Å². The normalized spacial score (nSPS) is 16.0. The van der Waals surface area contributed by atoms with Crippen molar-refractivity contribution < 1.29 is 19.4 Å². The van der Waals surface area contributed by atoms with Gasteiger partial charge in [-0.15, -0.1) is 0 Å². The Kier molecular flexibility index (Phi) is 3.43. The van der Waals surface area contributed by atoms with Crippen LogP contribution >= 0.6 is 0 Å². The minimum absolute atomic E-state index is 0.150. The lowest BCUT2D eigenvalue weighted by molar-refractivity contribution is -0.137. The number of rotatable bonds is 5. The zero-order chi connectivity index (χ0) is 14.2. The van der Waals surface area contributed by atoms with Gasteiger partial charge in [0.15, 0.2) is 11.5 Å². The third-order valence-corrected chi connectivity index (χ3v) is 4.06. The van der Waals surface area contributed by atoms with Crippen LogP contribution in [0.2, 0.25) is 0 Å². The van der Waals surface area contributed by atoms with Gasteiger partial charge in [-0.1, -0.05) is 0 Å². The number of methoxy groups -OCH3 is 2. The third-order valence-electron chi connectivity index (χ3n) is 4.06. The van der Waals surface area contributed by atoms with E-state index in [0.717, 1.165) is 29.5 Å². The Balaban J connectivity index is 2.61. The number of ether oxygens (including phenoxy) is 2. The van der Waals surface area contributed by atoms with Crippen LogP contribution in [0.1, 0.15) is 36.0 Å². The molecule has 1 aliphatic carbocycles. The molecule has 0 aliphatic heterocycles. The molecule has 0 aromatic heterocycles. The maximum atomic E-state index is 11.1. The number of carboxylic acids is 1. The molecule has 0 atom stereocenters. The molecule has 0 heterocycles. The minimum atomic E-state index is -0.764. The first-order valence-electron chi connectivity index (χ1n) is 6.39. The number of aliphatic carboxylic acids is 1. The van der Waals surface area contributed by atoms with Crippen molar-refractivity contribution >= 4 is 5.97 Å². The van der Waals surface area contributed by atoms with Gasteiger partial charge in [-0.2, -0.15) is 0 Å². The van der Waals surface area contributed by atoms with Gasteiger partial charge in [-0.05, 0) is 43.9 Å². The van der Waals surface area contributed by atoms with Gasteiger partial charge < -0.3 is 14.6 Å². The van der Waals surface area contributed by atoms with E-state index in [9.17, 15) is 4.79 Å². The fourth-order valence-corrected chi connectivity index (χ4v) is 2.81. The minimum Gasteiger partial charge on any atom is -0.493 e. The molecular weight excluding hydrogens is 244 g/mol. The van der Waals surface area contributed by atoms with Gasteiger partial charge >= 0.3 is 5.97 Å². The number of hydrogen-bond donors (Lipinski definition) is 1. The summed E-state index contributed by atoms with van der Waals surface area (Å²) in [5.74, 6) is 0.598. The highest BCUT2D eigenvalue weighted by Crippen LogP contribution is 2.57. The lowest BCUT2D eigenvalue weighted by Crippen LogP contribution is -2.16. The second-order valence-corrected chi connectivity index (χ2v) is 5.28. The van der Waals surface area contributed by atoms with Crippen molar-refractivity contribution in [2.24, 2.45) is 0 Å². The molecular formula is C15H20O4. The molecule has 0 saturated heterocycles. The van der Waals surface area contributed by atoms with Gasteiger partial charge in [0.25, 0.3) is 0 Å². The summed E-state index contributed by atoms with van der Waals surface area (Å²) in [7, 11) is 3.21. The lowest BCUT2D eigenvalue weighted by Gasteiger charge is -2.23. The summed E-state index contributed by atoms with van der Waals surface area (Å²) >= 11 is 0. The SMILES string of the molecule is COc1cc(C)c(C)c(C2(CC(=O)O)CC2)c1OC. The quantitative estimate of drug-likeness (QED) is 0.888. The highest BCUT2D eigenvalue weighted by Gasteiger charge is 2.49. The molecule has 19 heavy (non-hydrogen) atoms. The maximum Gasteiger partial charge on any atom is 0.304 e. The summed E-state index contributed by atoms with van der Waals surface area (Å²) in [6.45, 7) is 4.03. The van der Waals surface area contributed by atoms with Crippen molar-refractivity contribution in [2.45, 2.75) is 38.5 Å². The van der Waals surface area contributed by atoms with E-state index in [1.54, 1.807) is 14.2 Å². The average molecular weight is 264 g/mol. The second kappa shape index (κ2) is 4.76. The summed E-state index contributed by atoms with van der Waals surface area (Å²) in [5.41, 5.74) is 2.94. The van der Waals surface area contributed by atoms with Crippen molar-refractivity contribution in [1.29, 1.82) is 0 Å². The molecule has 0 spiro atoms. The average Bonchev–Trinajstić information content (AvgIpc) is 3.11. The van der Waals surface area contributed by atoms with E-state index in [1.807, 2.05) is 19.9 Å². The van der Waals surface area contributed by atoms with Crippen LogP contribution in [0.4, 0.5) is 0 Å². The molecule has 1 N–H and O–H groups in total. The fraction of sp³-hybridized carbons (Fsp3) is 0.533. The Hall–Kier alpha value is -1.71. The molecule has 0 amide bonds. The number of benzene rings is 1. The van der Waals surface area contributed by atoms with Gasteiger partial charge in [0.1, 0.15) is 0 Å². The van der Waals surface area contributed by atoms with Crippen LogP contribution < -0.4 is 9.47 Å². The van der Waals surface area contributed by atoms with Crippen LogP contribution in [0, 0.1) is 13.8 Å². The summed E-state index contributed by atoms with van der Waals surface area (Å²) in [6, 6.07) is 1.94. The Morgan fingerprint density at radius 3 is 2.37 bits per heavy atom. The van der Waals surface area contributed by atoms with E-state index in [-0.39, 0.29) is 11.8 Å². The monoisotopic (exact) mass is 264 g/mol. The maximum absolute atomic E-state index is 11.1. The fourth-order valence-electron chi connectivity index (χ4n) is 2.81. The van der Waals surface area contributed by atoms with Gasteiger partial charge in [0.05, 0.1) is 20.6 Å². The molecule has 0 bridgehead atoms. The van der Waals surface area contributed by atoms with Crippen molar-refractivity contribution in [3.63, 3.8) is 0 Å². The Labute approximate surface area is 113 Å². The topological polar surface area (TPSA) is 55.8 Å². The molecule has 1 aromatic rings. The Bertz CT molecular complexity index is 515. The van der Waals surface area contributed by atoms with Gasteiger partial charge in [0.2, 0.25) is 0 Å². The summed E-state index contributed by atoms with van der Waals surface area (Å²) < 4.78 is 10.9. The number of hydrogen-bond acceptors (Lipinski definition) is 3. The number of carboxylic acid groups (broad SMARTS) is 1. The smallest absolute Gasteiger partial charge is 0.304 e. The molecule has 4 nitrogen and oxygen atoms in total. The third kappa shape index (κ3) is 2.27. The summed E-state index contributed by atoms with van der Waals surface area (Å²) in [5, 5.41) is 9.13. The van der Waals surface area contributed by atoms with E-state index in [2.05, 4.69) is 0 Å². The standard InChI is InChI=1S/C15H20O4/c1-9-7-11(18-3)14(19-4)13(10(9)2)15(5-6-15)8-12(16)17/h7H,5-6,8H2,1-4H3,(H,16,17). The van der Waals surface area contributed by atoms with Crippen LogP contribution in [0.15, 0.2) is 6.07 Å². The first kappa shape index (κ1) is 13.7. The summed E-state index contributed by atoms with van der Waals surface area (Å²) in [4.78, 5) is 11.1. The Morgan fingerprint density at radius 1 is 1.32 bits per heavy atom. The van der Waals surface area contributed by atoms with Crippen LogP contribution in [0.5, 0.6) is 11.5 Å². The molecule has 1 fully saturated rings. The van der Waals surface area contributed by atoms with Crippen LogP contribution in [0.3, 0.4) is 0 Å². The predicted octanol–water partition coefficient (Wildman–Crippen LogP) is 2.83. The molecule has 2 rings (SSSR count). The molecule has 1 saturated carbocycles. The molecule has 1 aliphatic rings. The second-order valence-electron chi connectivity index (χ2n) is 5.28. The lowest BCUT2D eigenvalue weighted by atomic mass is 9.86. The Morgan fingerprint density at radius 2 is 1.95 bits per heavy atom. The first-order chi connectivity index (χ1) is 8.95. The van der Waals surface area contributed by atoms with Crippen LogP contribution in [-0.4, -0.2) is 25.3 Å². The zero-order valence-electron chi connectivity index (χ0n) is 11.9. The summed E-state index contributed by atoms with van der Waals surface area (Å²) in [6.07, 6.45) is 1.93. The van der Waals surface area contributed by atoms with E-state index in [0.29, 0.717) is 11.5 Å². The van der Waals surface area contributed by atoms with Crippen molar-refractivity contribution in [2.75, 3.05) is 14.2 Å². The first-order valence-corrected chi connectivity index (χ1v) is 6.39. The van der Waals surface area contributed by atoms with Crippen molar-refractivity contribution in [1.82, 2.24) is 0 Å². The molecule has 0 radical (unpaired) electrons. The predicted molar refractivity (Wildman–Crippen MR) is 72.2 cm³/mol. The number of aryl methyl sites for hydroxylation is 1. The van der Waals surface area contributed by atoms with Crippen molar-refractivity contribution in [3.05, 3.63) is 22.8 Å². The van der Waals surface area contributed by atoms with Crippen LogP contribution in [-0.2, 0) is 10.2 Å². The van der Waals surface area contributed by atoms with Crippen LogP contribution in [0.25, 0.3) is 0 Å². The highest BCUT2D eigenvalue weighted by atomic mass is 16.5. The van der Waals surface area contributed by atoms with Gasteiger partial charge in [-0.25, -0.2) is 0 Å². The largest absolute Gasteiger partial charge is 0.493 e. The van der Waals surface area contributed by atoms with Crippen molar-refractivity contribution in [3.8, 4) is 11.5 Å². The molecule has 1 aromatic carbocycles. The van der Waals surface area contributed by atoms with E-state index in [1.165, 1.54) is 0 Å². The molecule has 104 valence electrons.